The predicted octanol–water partition coefficient (Wildman–Crippen LogP) is 3.92. The Morgan fingerprint density at radius 2 is 2.07 bits per heavy atom. The predicted molar refractivity (Wildman–Crippen MR) is 103 cm³/mol. The van der Waals surface area contributed by atoms with Crippen LogP contribution in [0.15, 0.2) is 58.8 Å². The topological polar surface area (TPSA) is 103 Å². The Hall–Kier alpha value is -3.46. The van der Waals surface area contributed by atoms with Crippen LogP contribution in [0.25, 0.3) is 23.2 Å². The van der Waals surface area contributed by atoms with Crippen LogP contribution in [-0.4, -0.2) is 29.7 Å². The van der Waals surface area contributed by atoms with E-state index in [0.29, 0.717) is 21.4 Å². The Bertz CT molecular complexity index is 1130. The van der Waals surface area contributed by atoms with Crippen molar-refractivity contribution in [1.82, 2.24) is 24.7 Å². The van der Waals surface area contributed by atoms with Crippen molar-refractivity contribution < 1.29 is 4.92 Å². The number of hydrogen-bond acceptors (Lipinski definition) is 6. The van der Waals surface area contributed by atoms with Gasteiger partial charge in [-0.05, 0) is 41.6 Å². The molecule has 4 rings (SSSR count). The normalized spacial score (nSPS) is 11.4. The number of aromatic amines is 1. The van der Waals surface area contributed by atoms with Crippen LogP contribution in [0, 0.1) is 10.1 Å². The van der Waals surface area contributed by atoms with Crippen LogP contribution in [-0.2, 0) is 7.05 Å². The molecule has 8 nitrogen and oxygen atoms in total. The number of nitrogens with one attached hydrogen (secondary N) is 1. The van der Waals surface area contributed by atoms with Crippen molar-refractivity contribution in [2.45, 2.75) is 10.1 Å². The van der Waals surface area contributed by atoms with Crippen molar-refractivity contribution in [1.29, 1.82) is 0 Å². The number of benzene rings is 2. The Morgan fingerprint density at radius 1 is 1.22 bits per heavy atom. The third-order valence-corrected chi connectivity index (χ3v) is 5.01. The van der Waals surface area contributed by atoms with Gasteiger partial charge in [0.2, 0.25) is 0 Å². The maximum absolute atomic E-state index is 11.5. The molecule has 2 aromatic heterocycles. The zero-order valence-corrected chi connectivity index (χ0v) is 15.1. The largest absolute Gasteiger partial charge is 0.338 e. The van der Waals surface area contributed by atoms with Crippen molar-refractivity contribution >= 4 is 40.6 Å². The summed E-state index contributed by atoms with van der Waals surface area (Å²) >= 11 is 1.21. The molecule has 0 aliphatic rings. The van der Waals surface area contributed by atoms with Gasteiger partial charge in [-0.3, -0.25) is 10.1 Å². The van der Waals surface area contributed by atoms with E-state index in [1.54, 1.807) is 36.2 Å². The molecule has 2 aromatic carbocycles. The highest BCUT2D eigenvalue weighted by Gasteiger charge is 2.17. The molecule has 1 N–H and O–H groups in total. The third-order valence-electron chi connectivity index (χ3n) is 3.89. The summed E-state index contributed by atoms with van der Waals surface area (Å²) in [6.07, 6.45) is 5.15. The molecular formula is C18H14N6O2S. The number of fused-ring (bicyclic) bond motifs is 1. The zero-order chi connectivity index (χ0) is 18.8. The maximum atomic E-state index is 11.5. The number of nitrogens with zero attached hydrogens (tertiary/aromatic N) is 5. The van der Waals surface area contributed by atoms with E-state index in [9.17, 15) is 10.1 Å². The lowest BCUT2D eigenvalue weighted by molar-refractivity contribution is -0.387. The first-order valence-corrected chi connectivity index (χ1v) is 8.85. The van der Waals surface area contributed by atoms with Gasteiger partial charge in [0.15, 0.2) is 5.16 Å². The van der Waals surface area contributed by atoms with E-state index in [-0.39, 0.29) is 5.69 Å². The first-order valence-electron chi connectivity index (χ1n) is 8.03. The average molecular weight is 378 g/mol. The zero-order valence-electron chi connectivity index (χ0n) is 14.2. The van der Waals surface area contributed by atoms with Crippen LogP contribution in [0.2, 0.25) is 0 Å². The Labute approximate surface area is 158 Å². The minimum atomic E-state index is -0.392. The van der Waals surface area contributed by atoms with E-state index < -0.39 is 4.92 Å². The minimum Gasteiger partial charge on any atom is -0.338 e. The van der Waals surface area contributed by atoms with Crippen LogP contribution in [0.3, 0.4) is 0 Å². The van der Waals surface area contributed by atoms with E-state index in [4.69, 9.17) is 0 Å². The monoisotopic (exact) mass is 378 g/mol. The highest BCUT2D eigenvalue weighted by molar-refractivity contribution is 7.99. The molecule has 134 valence electrons. The third kappa shape index (κ3) is 3.58. The summed E-state index contributed by atoms with van der Waals surface area (Å²) in [6, 6.07) is 12.8. The smallest absolute Gasteiger partial charge is 0.283 e. The van der Waals surface area contributed by atoms with Gasteiger partial charge in [-0.25, -0.2) is 4.98 Å². The van der Waals surface area contributed by atoms with Gasteiger partial charge in [-0.2, -0.15) is 0 Å². The second kappa shape index (κ2) is 7.04. The number of imidazole rings is 1. The van der Waals surface area contributed by atoms with Crippen LogP contribution in [0.5, 0.6) is 0 Å². The molecule has 0 fully saturated rings. The van der Waals surface area contributed by atoms with Crippen LogP contribution in [0.1, 0.15) is 11.4 Å². The minimum absolute atomic E-state index is 0.0229. The molecule has 0 aliphatic heterocycles. The number of aromatic nitrogens is 5. The molecular weight excluding hydrogens is 364 g/mol. The summed E-state index contributed by atoms with van der Waals surface area (Å²) in [5.74, 6) is 0.691. The highest BCUT2D eigenvalue weighted by Crippen LogP contribution is 2.34. The molecule has 0 radical (unpaired) electrons. The number of hydrogen-bond donors (Lipinski definition) is 1. The molecule has 0 spiro atoms. The summed E-state index contributed by atoms with van der Waals surface area (Å²) in [4.78, 5) is 19.3. The first-order chi connectivity index (χ1) is 13.1. The van der Waals surface area contributed by atoms with Crippen molar-refractivity contribution in [2.24, 2.45) is 7.05 Å². The summed E-state index contributed by atoms with van der Waals surface area (Å²) < 4.78 is 1.71. The molecule has 0 bridgehead atoms. The average Bonchev–Trinajstić information content (AvgIpc) is 3.26. The number of aryl methyl sites for hydroxylation is 1. The summed E-state index contributed by atoms with van der Waals surface area (Å²) in [6.45, 7) is 0. The quantitative estimate of drug-likeness (QED) is 0.417. The first kappa shape index (κ1) is 17.0. The summed E-state index contributed by atoms with van der Waals surface area (Å²) in [5, 5.41) is 19.8. The van der Waals surface area contributed by atoms with Gasteiger partial charge in [-0.1, -0.05) is 24.3 Å². The Kier molecular flexibility index (Phi) is 4.43. The van der Waals surface area contributed by atoms with Crippen molar-refractivity contribution in [3.05, 3.63) is 70.3 Å². The molecule has 0 amide bonds. The molecule has 0 aliphatic carbocycles. The number of nitro groups is 1. The van der Waals surface area contributed by atoms with E-state index in [0.717, 1.165) is 11.0 Å². The van der Waals surface area contributed by atoms with Crippen molar-refractivity contribution in [3.8, 4) is 0 Å². The second-order valence-electron chi connectivity index (χ2n) is 5.78. The number of H-pyrrole nitrogens is 1. The molecule has 2 heterocycles. The molecule has 9 heteroatoms. The molecule has 27 heavy (non-hydrogen) atoms. The summed E-state index contributed by atoms with van der Waals surface area (Å²) in [7, 11) is 1.79. The molecule has 4 aromatic rings. The Balaban J connectivity index is 1.62. The number of para-hydroxylation sites is 2. The molecule has 0 unspecified atom stereocenters. The van der Waals surface area contributed by atoms with Gasteiger partial charge < -0.3 is 9.55 Å². The van der Waals surface area contributed by atoms with Gasteiger partial charge in [-0.15, -0.1) is 10.2 Å². The van der Waals surface area contributed by atoms with Crippen molar-refractivity contribution in [2.75, 3.05) is 0 Å². The lowest BCUT2D eigenvalue weighted by Gasteiger charge is -2.03. The number of nitro benzene ring substituents is 1. The van der Waals surface area contributed by atoms with Crippen LogP contribution >= 0.6 is 11.8 Å². The van der Waals surface area contributed by atoms with Gasteiger partial charge in [0.05, 0.1) is 20.9 Å². The second-order valence-corrected chi connectivity index (χ2v) is 6.79. The lowest BCUT2D eigenvalue weighted by Crippen LogP contribution is -1.94. The van der Waals surface area contributed by atoms with E-state index in [1.807, 2.05) is 30.3 Å². The SMILES string of the molecule is Cn1cnnc1Sc1ccc(/C=C/c2nc3ccccc3[nH]2)cc1[N+](=O)[O-]. The molecule has 0 saturated heterocycles. The number of rotatable bonds is 5. The fraction of sp³-hybridized carbons (Fsp3) is 0.0556. The van der Waals surface area contributed by atoms with E-state index in [1.165, 1.54) is 17.8 Å². The van der Waals surface area contributed by atoms with Gasteiger partial charge >= 0.3 is 0 Å². The lowest BCUT2D eigenvalue weighted by atomic mass is 10.2. The van der Waals surface area contributed by atoms with Gasteiger partial charge in [0.25, 0.3) is 5.69 Å². The molecule has 0 saturated carbocycles. The summed E-state index contributed by atoms with van der Waals surface area (Å²) in [5.41, 5.74) is 2.55. The standard InChI is InChI=1S/C18H14N6O2S/c1-23-11-19-22-18(23)27-16-8-6-12(10-15(16)24(25)26)7-9-17-20-13-4-2-3-5-14(13)21-17/h2-11H,1H3,(H,20,21)/b9-7+. The van der Waals surface area contributed by atoms with Crippen molar-refractivity contribution in [3.63, 3.8) is 0 Å². The van der Waals surface area contributed by atoms with E-state index >= 15 is 0 Å². The van der Waals surface area contributed by atoms with E-state index in [2.05, 4.69) is 20.2 Å². The van der Waals surface area contributed by atoms with Gasteiger partial charge in [0.1, 0.15) is 12.2 Å². The fourth-order valence-corrected chi connectivity index (χ4v) is 3.41. The maximum Gasteiger partial charge on any atom is 0.283 e. The fourth-order valence-electron chi connectivity index (χ4n) is 2.56. The highest BCUT2D eigenvalue weighted by atomic mass is 32.2. The van der Waals surface area contributed by atoms with Crippen LogP contribution in [0.4, 0.5) is 5.69 Å². The van der Waals surface area contributed by atoms with Gasteiger partial charge in [0, 0.05) is 13.1 Å². The Morgan fingerprint density at radius 3 is 2.81 bits per heavy atom. The molecule has 0 atom stereocenters. The van der Waals surface area contributed by atoms with Crippen LogP contribution < -0.4 is 0 Å².